The molecule has 0 amide bonds. The van der Waals surface area contributed by atoms with Gasteiger partial charge in [0.25, 0.3) is 0 Å². The maximum atomic E-state index is 12.3. The summed E-state index contributed by atoms with van der Waals surface area (Å²) in [7, 11) is 3.79. The first-order valence-corrected chi connectivity index (χ1v) is 21.4. The van der Waals surface area contributed by atoms with E-state index in [9.17, 15) is 4.79 Å². The molecule has 0 N–H and O–H groups in total. The molecule has 1 saturated heterocycles. The van der Waals surface area contributed by atoms with Crippen LogP contribution in [0.25, 0.3) is 0 Å². The molecule has 292 valence electrons. The van der Waals surface area contributed by atoms with Gasteiger partial charge < -0.3 is 14.2 Å². The van der Waals surface area contributed by atoms with Gasteiger partial charge in [-0.05, 0) is 91.1 Å². The molecule has 4 atom stereocenters. The van der Waals surface area contributed by atoms with Crippen molar-refractivity contribution < 1.29 is 19.0 Å². The van der Waals surface area contributed by atoms with Crippen molar-refractivity contribution in [3.05, 3.63) is 60.8 Å². The first-order chi connectivity index (χ1) is 25.0. The molecular weight excluding hydrogens is 631 g/mol. The van der Waals surface area contributed by atoms with E-state index in [1.807, 2.05) is 19.0 Å². The predicted molar refractivity (Wildman–Crippen MR) is 218 cm³/mol. The minimum Gasteiger partial charge on any atom is -0.461 e. The highest BCUT2D eigenvalue weighted by atomic mass is 16.8. The summed E-state index contributed by atoms with van der Waals surface area (Å²) in [6.45, 7) is 4.75. The molecule has 2 aliphatic rings. The molecule has 5 heteroatoms. The van der Waals surface area contributed by atoms with Crippen LogP contribution in [-0.2, 0) is 19.0 Å². The Labute approximate surface area is 315 Å². The summed E-state index contributed by atoms with van der Waals surface area (Å²) >= 11 is 0. The first kappa shape index (κ1) is 45.2. The van der Waals surface area contributed by atoms with E-state index in [4.69, 9.17) is 14.2 Å². The summed E-state index contributed by atoms with van der Waals surface area (Å²) in [5.41, 5.74) is 0. The van der Waals surface area contributed by atoms with E-state index in [1.54, 1.807) is 0 Å². The Kier molecular flexibility index (Phi) is 27.0. The third kappa shape index (κ3) is 23.4. The van der Waals surface area contributed by atoms with Gasteiger partial charge in [-0.1, -0.05) is 139 Å². The van der Waals surface area contributed by atoms with Gasteiger partial charge in [-0.15, -0.1) is 0 Å². The lowest BCUT2D eigenvalue weighted by molar-refractivity contribution is -0.197. The highest BCUT2D eigenvalue weighted by molar-refractivity contribution is 5.71. The normalized spacial score (nSPS) is 22.3. The molecule has 0 aromatic heterocycles. The average molecular weight is 710 g/mol. The zero-order chi connectivity index (χ0) is 36.7. The van der Waals surface area contributed by atoms with Gasteiger partial charge in [0.1, 0.15) is 6.10 Å². The molecule has 1 unspecified atom stereocenters. The number of hydrogen-bond donors (Lipinski definition) is 0. The fraction of sp³-hybridized carbons (Fsp3) is 0.761. The molecule has 1 aliphatic heterocycles. The minimum atomic E-state index is -0.450. The van der Waals surface area contributed by atoms with Gasteiger partial charge in [0.15, 0.2) is 5.79 Å². The summed E-state index contributed by atoms with van der Waals surface area (Å²) in [4.78, 5) is 14.1. The summed E-state index contributed by atoms with van der Waals surface area (Å²) in [6, 6.07) is 0. The predicted octanol–water partition coefficient (Wildman–Crippen LogP) is 12.9. The quantitative estimate of drug-likeness (QED) is 0.0395. The fourth-order valence-electron chi connectivity index (χ4n) is 7.26. The SMILES string of the molecule is CC/C=C\C/C=C\C/C=C\CCCCCCCCC1(CCCCCCCC/C=C\C/C=C\CCCCC)O[C@H]2C[C@H](OC(=O)CN(C)C)C[C@H]2O1. The van der Waals surface area contributed by atoms with Gasteiger partial charge >= 0.3 is 5.97 Å². The molecule has 0 aromatic rings. The number of hydrogen-bond acceptors (Lipinski definition) is 5. The van der Waals surface area contributed by atoms with Crippen molar-refractivity contribution in [3.8, 4) is 0 Å². The van der Waals surface area contributed by atoms with Crippen LogP contribution in [0.5, 0.6) is 0 Å². The van der Waals surface area contributed by atoms with E-state index < -0.39 is 5.79 Å². The number of esters is 1. The topological polar surface area (TPSA) is 48.0 Å². The molecule has 1 heterocycles. The largest absolute Gasteiger partial charge is 0.461 e. The number of unbranched alkanes of at least 4 members (excludes halogenated alkanes) is 15. The maximum Gasteiger partial charge on any atom is 0.320 e. The van der Waals surface area contributed by atoms with Crippen LogP contribution < -0.4 is 0 Å². The summed E-state index contributed by atoms with van der Waals surface area (Å²) in [5.74, 6) is -0.605. The van der Waals surface area contributed by atoms with Crippen molar-refractivity contribution in [2.24, 2.45) is 0 Å². The van der Waals surface area contributed by atoms with Crippen molar-refractivity contribution >= 4 is 5.97 Å². The highest BCUT2D eigenvalue weighted by Gasteiger charge is 2.52. The first-order valence-electron chi connectivity index (χ1n) is 21.4. The van der Waals surface area contributed by atoms with Gasteiger partial charge in [-0.2, -0.15) is 0 Å². The highest BCUT2D eigenvalue weighted by Crippen LogP contribution is 2.44. The third-order valence-corrected chi connectivity index (χ3v) is 10.1. The lowest BCUT2D eigenvalue weighted by Gasteiger charge is -2.30. The lowest BCUT2D eigenvalue weighted by atomic mass is 9.98. The van der Waals surface area contributed by atoms with Crippen LogP contribution in [0.15, 0.2) is 60.8 Å². The van der Waals surface area contributed by atoms with Crippen molar-refractivity contribution in [1.29, 1.82) is 0 Å². The summed E-state index contributed by atoms with van der Waals surface area (Å²) in [5, 5.41) is 0. The number of nitrogens with zero attached hydrogens (tertiary/aromatic N) is 1. The van der Waals surface area contributed by atoms with Crippen LogP contribution in [-0.4, -0.2) is 55.6 Å². The standard InChI is InChI=1S/C46H79NO4/c1-5-7-9-11-13-15-17-19-21-23-25-27-29-31-33-35-37-46(50-43-39-42(40-44(43)51-46)49-45(48)41-47(3)4)38-36-34-32-30-28-26-24-22-20-18-16-14-12-10-8-6-2/h7,9,13-16,19-22,42-44H,5-6,8,10-12,17-18,23-41H2,1-4H3/b9-7-,15-13-,16-14-,21-19-,22-20-/t42-,43-,44+,46?. The number of allylic oxidation sites excluding steroid dienone is 10. The second-order valence-corrected chi connectivity index (χ2v) is 15.3. The molecule has 1 aliphatic carbocycles. The Hall–Kier alpha value is -1.95. The van der Waals surface area contributed by atoms with E-state index >= 15 is 0 Å². The molecule has 51 heavy (non-hydrogen) atoms. The Morgan fingerprint density at radius 1 is 0.588 bits per heavy atom. The van der Waals surface area contributed by atoms with Crippen LogP contribution in [0.1, 0.15) is 181 Å². The number of ether oxygens (including phenoxy) is 3. The molecule has 5 nitrogen and oxygen atoms in total. The summed E-state index contributed by atoms with van der Waals surface area (Å²) < 4.78 is 19.3. The van der Waals surface area contributed by atoms with Crippen LogP contribution in [0.3, 0.4) is 0 Å². The van der Waals surface area contributed by atoms with Crippen molar-refractivity contribution in [1.82, 2.24) is 4.90 Å². The van der Waals surface area contributed by atoms with Crippen LogP contribution in [0.4, 0.5) is 0 Å². The molecule has 2 fully saturated rings. The number of likely N-dealkylation sites (N-methyl/N-ethyl adjacent to an activating group) is 1. The molecule has 1 saturated carbocycles. The number of carbonyl (C=O) groups is 1. The fourth-order valence-corrected chi connectivity index (χ4v) is 7.26. The van der Waals surface area contributed by atoms with Gasteiger partial charge in [0.05, 0.1) is 18.8 Å². The van der Waals surface area contributed by atoms with E-state index in [0.29, 0.717) is 6.54 Å². The Balaban J connectivity index is 1.63. The van der Waals surface area contributed by atoms with E-state index in [-0.39, 0.29) is 24.3 Å². The maximum absolute atomic E-state index is 12.3. The zero-order valence-corrected chi connectivity index (χ0v) is 33.7. The number of carbonyl (C=O) groups excluding carboxylic acids is 1. The molecule has 0 bridgehead atoms. The third-order valence-electron chi connectivity index (χ3n) is 10.1. The Morgan fingerprint density at radius 2 is 1.00 bits per heavy atom. The Bertz CT molecular complexity index is 981. The monoisotopic (exact) mass is 710 g/mol. The van der Waals surface area contributed by atoms with Crippen LogP contribution in [0.2, 0.25) is 0 Å². The van der Waals surface area contributed by atoms with Crippen LogP contribution in [0, 0.1) is 0 Å². The van der Waals surface area contributed by atoms with Gasteiger partial charge in [-0.25, -0.2) is 0 Å². The van der Waals surface area contributed by atoms with E-state index in [2.05, 4.69) is 74.6 Å². The van der Waals surface area contributed by atoms with E-state index in [1.165, 1.54) is 103 Å². The molecular formula is C46H79NO4. The smallest absolute Gasteiger partial charge is 0.320 e. The molecule has 0 radical (unpaired) electrons. The van der Waals surface area contributed by atoms with Gasteiger partial charge in [-0.3, -0.25) is 9.69 Å². The van der Waals surface area contributed by atoms with Gasteiger partial charge in [0.2, 0.25) is 0 Å². The number of fused-ring (bicyclic) bond motifs is 1. The second kappa shape index (κ2) is 30.5. The Morgan fingerprint density at radius 3 is 1.45 bits per heavy atom. The lowest BCUT2D eigenvalue weighted by Crippen LogP contribution is -2.33. The number of rotatable bonds is 32. The molecule has 0 spiro atoms. The van der Waals surface area contributed by atoms with Crippen molar-refractivity contribution in [2.75, 3.05) is 20.6 Å². The average Bonchev–Trinajstić information content (AvgIpc) is 3.62. The minimum absolute atomic E-state index is 0.0493. The molecule has 2 rings (SSSR count). The van der Waals surface area contributed by atoms with Crippen molar-refractivity contribution in [3.63, 3.8) is 0 Å². The second-order valence-electron chi connectivity index (χ2n) is 15.3. The molecule has 0 aromatic carbocycles. The van der Waals surface area contributed by atoms with Crippen LogP contribution >= 0.6 is 0 Å². The van der Waals surface area contributed by atoms with Crippen molar-refractivity contribution in [2.45, 2.75) is 205 Å². The van der Waals surface area contributed by atoms with E-state index in [0.717, 1.165) is 64.2 Å². The summed E-state index contributed by atoms with van der Waals surface area (Å²) in [6.07, 6.45) is 53.6. The van der Waals surface area contributed by atoms with Gasteiger partial charge in [0, 0.05) is 25.7 Å². The zero-order valence-electron chi connectivity index (χ0n) is 33.7.